The maximum atomic E-state index is 14.8. The zero-order chi connectivity index (χ0) is 29.5. The Balaban J connectivity index is 1.47. The van der Waals surface area contributed by atoms with Crippen molar-refractivity contribution >= 4 is 18.7 Å². The summed E-state index contributed by atoms with van der Waals surface area (Å²) >= 11 is 0. The molecule has 8 nitrogen and oxygen atoms in total. The molecule has 1 unspecified atom stereocenters. The quantitative estimate of drug-likeness (QED) is 0.416. The third kappa shape index (κ3) is 6.34. The van der Waals surface area contributed by atoms with Gasteiger partial charge in [0.25, 0.3) is 0 Å². The lowest BCUT2D eigenvalue weighted by molar-refractivity contribution is -0.180. The van der Waals surface area contributed by atoms with Crippen LogP contribution in [0.25, 0.3) is 0 Å². The number of alkyl halides is 2. The van der Waals surface area contributed by atoms with Gasteiger partial charge in [0.05, 0.1) is 16.8 Å². The van der Waals surface area contributed by atoms with Crippen molar-refractivity contribution < 1.29 is 37.1 Å². The third-order valence-electron chi connectivity index (χ3n) is 7.13. The van der Waals surface area contributed by atoms with Crippen LogP contribution < -0.4 is 14.9 Å². The normalized spacial score (nSPS) is 21.4. The topological polar surface area (TPSA) is 90.2 Å². The zero-order valence-corrected chi connectivity index (χ0v) is 23.9. The van der Waals surface area contributed by atoms with Crippen molar-refractivity contribution in [1.82, 2.24) is 4.90 Å². The molecule has 2 aromatic carbocycles. The maximum Gasteiger partial charge on any atom is 0.494 e. The highest BCUT2D eigenvalue weighted by Crippen LogP contribution is 2.38. The summed E-state index contributed by atoms with van der Waals surface area (Å²) in [5.74, 6) is -2.45. The van der Waals surface area contributed by atoms with Gasteiger partial charge in [-0.3, -0.25) is 4.90 Å². The van der Waals surface area contributed by atoms with Gasteiger partial charge in [0.15, 0.2) is 0 Å². The van der Waals surface area contributed by atoms with Gasteiger partial charge in [0, 0.05) is 13.0 Å². The number of carbonyl (C=O) groups excluding carboxylic acids is 1. The van der Waals surface area contributed by atoms with Crippen molar-refractivity contribution in [3.8, 4) is 23.3 Å². The highest BCUT2D eigenvalue weighted by Gasteiger charge is 2.52. The lowest BCUT2D eigenvalue weighted by atomic mass is 9.78. The predicted molar refractivity (Wildman–Crippen MR) is 145 cm³/mol. The number of hydrogen-bond acceptors (Lipinski definition) is 7. The van der Waals surface area contributed by atoms with Crippen LogP contribution in [0.5, 0.6) is 17.2 Å². The summed E-state index contributed by atoms with van der Waals surface area (Å²) in [5, 5.41) is 9.74. The SMILES string of the molecule is CC(C)(C)OC(=O)N1CCCC(F)(F)C1Oc1ccc(Oc2ccc(B3OC(C)(C)C(C)(C)O3)cc2C#N)cc1. The molecule has 214 valence electrons. The summed E-state index contributed by atoms with van der Waals surface area (Å²) in [6, 6.07) is 13.2. The van der Waals surface area contributed by atoms with Crippen LogP contribution in [0.4, 0.5) is 13.6 Å². The van der Waals surface area contributed by atoms with Gasteiger partial charge < -0.3 is 23.5 Å². The minimum Gasteiger partial charge on any atom is -0.464 e. The zero-order valence-electron chi connectivity index (χ0n) is 23.9. The van der Waals surface area contributed by atoms with Gasteiger partial charge >= 0.3 is 19.1 Å². The predicted octanol–water partition coefficient (Wildman–Crippen LogP) is 6.02. The van der Waals surface area contributed by atoms with Crippen LogP contribution in [0.15, 0.2) is 42.5 Å². The van der Waals surface area contributed by atoms with Crippen molar-refractivity contribution in [2.75, 3.05) is 6.54 Å². The molecule has 0 aliphatic carbocycles. The van der Waals surface area contributed by atoms with Crippen LogP contribution in [0.3, 0.4) is 0 Å². The number of halogens is 2. The van der Waals surface area contributed by atoms with Crippen molar-refractivity contribution in [3.05, 3.63) is 48.0 Å². The van der Waals surface area contributed by atoms with E-state index >= 15 is 0 Å². The number of nitrogens with zero attached hydrogens (tertiary/aromatic N) is 2. The molecule has 0 spiro atoms. The number of rotatable bonds is 5. The van der Waals surface area contributed by atoms with E-state index in [0.717, 1.165) is 4.90 Å². The fraction of sp³-hybridized carbons (Fsp3) is 0.517. The minimum absolute atomic E-state index is 0.0925. The molecule has 0 N–H and O–H groups in total. The average Bonchev–Trinajstić information content (AvgIpc) is 3.07. The summed E-state index contributed by atoms with van der Waals surface area (Å²) in [6.07, 6.45) is -2.94. The molecule has 2 aliphatic heterocycles. The molecule has 2 heterocycles. The Morgan fingerprint density at radius 1 is 1.05 bits per heavy atom. The molecule has 0 radical (unpaired) electrons. The van der Waals surface area contributed by atoms with Crippen molar-refractivity contribution in [2.24, 2.45) is 0 Å². The number of piperidine rings is 1. The highest BCUT2D eigenvalue weighted by atomic mass is 19.3. The van der Waals surface area contributed by atoms with Crippen LogP contribution in [0.2, 0.25) is 0 Å². The second kappa shape index (κ2) is 10.6. The molecule has 1 atom stereocenters. The van der Waals surface area contributed by atoms with E-state index in [2.05, 4.69) is 6.07 Å². The monoisotopic (exact) mass is 556 g/mol. The number of ether oxygens (including phenoxy) is 3. The lowest BCUT2D eigenvalue weighted by Gasteiger charge is -2.40. The number of benzene rings is 2. The molecule has 0 saturated carbocycles. The molecule has 2 saturated heterocycles. The summed E-state index contributed by atoms with van der Waals surface area (Å²) < 4.78 is 58.6. The van der Waals surface area contributed by atoms with Crippen molar-refractivity contribution in [2.45, 2.75) is 90.3 Å². The smallest absolute Gasteiger partial charge is 0.464 e. The Morgan fingerprint density at radius 3 is 2.23 bits per heavy atom. The molecule has 4 rings (SSSR count). The van der Waals surface area contributed by atoms with E-state index in [1.54, 1.807) is 39.0 Å². The molecule has 0 aromatic heterocycles. The number of hydrogen-bond donors (Lipinski definition) is 0. The van der Waals surface area contributed by atoms with E-state index in [9.17, 15) is 18.8 Å². The first-order valence-electron chi connectivity index (χ1n) is 13.2. The Bertz CT molecular complexity index is 1270. The second-order valence-electron chi connectivity index (χ2n) is 12.0. The standard InChI is InChI=1S/C29H35BF2N2O6/c1-26(2,3)38-25(35)34-16-8-15-29(31,32)24(34)37-22-12-10-21(11-13-22)36-23-14-9-20(17-19(23)18-33)30-39-27(4,5)28(6,7)40-30/h9-14,17,24H,8,15-16H2,1-7H3. The van der Waals surface area contributed by atoms with Gasteiger partial charge in [-0.05, 0) is 96.7 Å². The van der Waals surface area contributed by atoms with Crippen molar-refractivity contribution in [3.63, 3.8) is 0 Å². The van der Waals surface area contributed by atoms with E-state index in [1.165, 1.54) is 24.3 Å². The largest absolute Gasteiger partial charge is 0.494 e. The molecule has 2 aliphatic rings. The van der Waals surface area contributed by atoms with Crippen LogP contribution >= 0.6 is 0 Å². The van der Waals surface area contributed by atoms with E-state index in [-0.39, 0.29) is 24.3 Å². The lowest BCUT2D eigenvalue weighted by Crippen LogP contribution is -2.58. The fourth-order valence-electron chi connectivity index (χ4n) is 4.30. The van der Waals surface area contributed by atoms with Crippen LogP contribution in [-0.2, 0) is 14.0 Å². The molecule has 11 heteroatoms. The molecule has 40 heavy (non-hydrogen) atoms. The minimum atomic E-state index is -3.26. The van der Waals surface area contributed by atoms with E-state index in [1.807, 2.05) is 27.7 Å². The molecular formula is C29H35BF2N2O6. The van der Waals surface area contributed by atoms with E-state index in [0.29, 0.717) is 17.0 Å². The van der Waals surface area contributed by atoms with Crippen LogP contribution in [0.1, 0.15) is 66.9 Å². The van der Waals surface area contributed by atoms with E-state index < -0.39 is 48.6 Å². The molecule has 2 fully saturated rings. The average molecular weight is 556 g/mol. The highest BCUT2D eigenvalue weighted by molar-refractivity contribution is 6.62. The maximum absolute atomic E-state index is 14.8. The first-order valence-corrected chi connectivity index (χ1v) is 13.2. The Kier molecular flexibility index (Phi) is 7.82. The molecule has 1 amide bonds. The van der Waals surface area contributed by atoms with Gasteiger partial charge in [-0.15, -0.1) is 0 Å². The number of nitriles is 1. The van der Waals surface area contributed by atoms with Gasteiger partial charge in [0.1, 0.15) is 28.9 Å². The Labute approximate surface area is 234 Å². The summed E-state index contributed by atoms with van der Waals surface area (Å²) in [4.78, 5) is 13.6. The van der Waals surface area contributed by atoms with Gasteiger partial charge in [-0.25, -0.2) is 13.6 Å². The number of carbonyl (C=O) groups is 1. The van der Waals surface area contributed by atoms with Crippen molar-refractivity contribution in [1.29, 1.82) is 5.26 Å². The van der Waals surface area contributed by atoms with Gasteiger partial charge in [-0.1, -0.05) is 6.07 Å². The van der Waals surface area contributed by atoms with E-state index in [4.69, 9.17) is 23.5 Å². The first kappa shape index (κ1) is 29.6. The number of amides is 1. The molecule has 2 aromatic rings. The third-order valence-corrected chi connectivity index (χ3v) is 7.13. The Morgan fingerprint density at radius 2 is 1.65 bits per heavy atom. The Hall–Kier alpha value is -3.36. The summed E-state index contributed by atoms with van der Waals surface area (Å²) in [5.41, 5.74) is -0.904. The fourth-order valence-corrected chi connectivity index (χ4v) is 4.30. The van der Waals surface area contributed by atoms with Gasteiger partial charge in [0.2, 0.25) is 6.23 Å². The molecule has 0 bridgehead atoms. The first-order chi connectivity index (χ1) is 18.5. The van der Waals surface area contributed by atoms with Crippen LogP contribution in [0, 0.1) is 11.3 Å². The number of likely N-dealkylation sites (tertiary alicyclic amines) is 1. The van der Waals surface area contributed by atoms with Crippen LogP contribution in [-0.4, -0.2) is 53.6 Å². The second-order valence-corrected chi connectivity index (χ2v) is 12.0. The van der Waals surface area contributed by atoms with Gasteiger partial charge in [-0.2, -0.15) is 5.26 Å². The summed E-state index contributed by atoms with van der Waals surface area (Å²) in [6.45, 7) is 12.9. The molecular weight excluding hydrogens is 521 g/mol. The summed E-state index contributed by atoms with van der Waals surface area (Å²) in [7, 11) is -0.624.